The van der Waals surface area contributed by atoms with Gasteiger partial charge < -0.3 is 9.40 Å². The number of H-pyrrole nitrogens is 1. The number of aromatic amines is 1. The summed E-state index contributed by atoms with van der Waals surface area (Å²) in [7, 11) is 0. The molecule has 0 bridgehead atoms. The van der Waals surface area contributed by atoms with Crippen LogP contribution < -0.4 is 0 Å². The number of aromatic nitrogens is 1. The highest BCUT2D eigenvalue weighted by molar-refractivity contribution is 7.71. The zero-order valence-electron chi connectivity index (χ0n) is 4.18. The smallest absolute Gasteiger partial charge is 0.266 e. The van der Waals surface area contributed by atoms with Crippen LogP contribution in [-0.4, -0.2) is 4.98 Å². The SMILES string of the molecule is C=Cc1coc(=S)[nH]1. The third-order valence-corrected chi connectivity index (χ3v) is 0.958. The van der Waals surface area contributed by atoms with Crippen molar-refractivity contribution in [3.63, 3.8) is 0 Å². The molecule has 1 N–H and O–H groups in total. The summed E-state index contributed by atoms with van der Waals surface area (Å²) in [5, 5.41) is 0. The molecule has 1 aromatic heterocycles. The minimum Gasteiger partial charge on any atom is -0.437 e. The van der Waals surface area contributed by atoms with E-state index < -0.39 is 0 Å². The first-order valence-corrected chi connectivity index (χ1v) is 2.54. The van der Waals surface area contributed by atoms with E-state index in [1.807, 2.05) is 0 Å². The zero-order chi connectivity index (χ0) is 5.98. The Morgan fingerprint density at radius 1 is 1.88 bits per heavy atom. The molecule has 8 heavy (non-hydrogen) atoms. The molecule has 0 radical (unpaired) electrons. The lowest BCUT2D eigenvalue weighted by Crippen LogP contribution is -1.63. The fraction of sp³-hybridized carbons (Fsp3) is 0. The van der Waals surface area contributed by atoms with Gasteiger partial charge in [0.15, 0.2) is 0 Å². The molecule has 42 valence electrons. The van der Waals surface area contributed by atoms with Crippen LogP contribution in [0.2, 0.25) is 0 Å². The van der Waals surface area contributed by atoms with Gasteiger partial charge in [0.05, 0.1) is 5.69 Å². The number of nitrogens with one attached hydrogen (secondary N) is 1. The molecule has 0 aromatic carbocycles. The van der Waals surface area contributed by atoms with E-state index in [4.69, 9.17) is 4.42 Å². The Hall–Kier alpha value is -0.830. The second kappa shape index (κ2) is 1.96. The van der Waals surface area contributed by atoms with E-state index in [-0.39, 0.29) is 0 Å². The number of hydrogen-bond acceptors (Lipinski definition) is 2. The third-order valence-electron chi connectivity index (χ3n) is 0.759. The van der Waals surface area contributed by atoms with E-state index in [0.29, 0.717) is 4.84 Å². The molecule has 0 atom stereocenters. The van der Waals surface area contributed by atoms with Gasteiger partial charge in [-0.1, -0.05) is 6.58 Å². The molecule has 0 amide bonds. The molecule has 1 rings (SSSR count). The molecule has 0 spiro atoms. The van der Waals surface area contributed by atoms with Crippen molar-refractivity contribution >= 4 is 18.3 Å². The zero-order valence-corrected chi connectivity index (χ0v) is 4.99. The molecule has 2 nitrogen and oxygen atoms in total. The highest BCUT2D eigenvalue weighted by Crippen LogP contribution is 1.96. The van der Waals surface area contributed by atoms with Gasteiger partial charge in [0.1, 0.15) is 6.26 Å². The lowest BCUT2D eigenvalue weighted by Gasteiger charge is -1.70. The van der Waals surface area contributed by atoms with Crippen molar-refractivity contribution in [1.29, 1.82) is 0 Å². The quantitative estimate of drug-likeness (QED) is 0.584. The maximum Gasteiger partial charge on any atom is 0.266 e. The van der Waals surface area contributed by atoms with Gasteiger partial charge >= 0.3 is 0 Å². The Balaban J connectivity index is 3.18. The van der Waals surface area contributed by atoms with Gasteiger partial charge in [0.25, 0.3) is 4.84 Å². The van der Waals surface area contributed by atoms with Crippen molar-refractivity contribution in [2.24, 2.45) is 0 Å². The molecule has 0 aliphatic carbocycles. The van der Waals surface area contributed by atoms with Crippen LogP contribution in [0.1, 0.15) is 5.69 Å². The van der Waals surface area contributed by atoms with Crippen LogP contribution in [0, 0.1) is 4.84 Å². The summed E-state index contributed by atoms with van der Waals surface area (Å²) in [6.07, 6.45) is 3.16. The van der Waals surface area contributed by atoms with Gasteiger partial charge in [-0.05, 0) is 18.3 Å². The first kappa shape index (κ1) is 5.31. The molecule has 1 aromatic rings. The summed E-state index contributed by atoms with van der Waals surface area (Å²) < 4.78 is 4.74. The predicted molar refractivity (Wildman–Crippen MR) is 34.0 cm³/mol. The molecule has 0 aliphatic heterocycles. The van der Waals surface area contributed by atoms with Crippen LogP contribution in [0.5, 0.6) is 0 Å². The monoisotopic (exact) mass is 127 g/mol. The van der Waals surface area contributed by atoms with E-state index in [0.717, 1.165) is 5.69 Å². The lowest BCUT2D eigenvalue weighted by atomic mass is 10.5. The van der Waals surface area contributed by atoms with Crippen molar-refractivity contribution in [2.45, 2.75) is 0 Å². The molecule has 3 heteroatoms. The summed E-state index contributed by atoms with van der Waals surface area (Å²) in [4.78, 5) is 3.14. The van der Waals surface area contributed by atoms with E-state index in [9.17, 15) is 0 Å². The van der Waals surface area contributed by atoms with E-state index >= 15 is 0 Å². The Labute approximate surface area is 51.8 Å². The predicted octanol–water partition coefficient (Wildman–Crippen LogP) is 1.98. The fourth-order valence-corrected chi connectivity index (χ4v) is 0.559. The van der Waals surface area contributed by atoms with Crippen molar-refractivity contribution in [2.75, 3.05) is 0 Å². The second-order valence-electron chi connectivity index (χ2n) is 1.31. The first-order valence-electron chi connectivity index (χ1n) is 2.13. The van der Waals surface area contributed by atoms with Crippen molar-refractivity contribution in [3.8, 4) is 0 Å². The van der Waals surface area contributed by atoms with Crippen LogP contribution in [0.25, 0.3) is 6.08 Å². The second-order valence-corrected chi connectivity index (χ2v) is 1.68. The molecule has 0 fully saturated rings. The van der Waals surface area contributed by atoms with Crippen LogP contribution >= 0.6 is 12.2 Å². The molecule has 0 unspecified atom stereocenters. The molecule has 1 heterocycles. The Kier molecular flexibility index (Phi) is 1.30. The van der Waals surface area contributed by atoms with Crippen LogP contribution in [0.4, 0.5) is 0 Å². The largest absolute Gasteiger partial charge is 0.437 e. The van der Waals surface area contributed by atoms with Crippen LogP contribution in [0.3, 0.4) is 0 Å². The highest BCUT2D eigenvalue weighted by atomic mass is 32.1. The summed E-state index contributed by atoms with van der Waals surface area (Å²) in [6.45, 7) is 3.51. The first-order chi connectivity index (χ1) is 3.83. The van der Waals surface area contributed by atoms with Gasteiger partial charge in [0, 0.05) is 0 Å². The van der Waals surface area contributed by atoms with E-state index in [2.05, 4.69) is 23.8 Å². The molecule has 0 saturated carbocycles. The maximum absolute atomic E-state index is 4.74. The van der Waals surface area contributed by atoms with Crippen molar-refractivity contribution in [3.05, 3.63) is 23.4 Å². The van der Waals surface area contributed by atoms with Gasteiger partial charge in [0.2, 0.25) is 0 Å². The number of hydrogen-bond donors (Lipinski definition) is 1. The van der Waals surface area contributed by atoms with Crippen LogP contribution in [-0.2, 0) is 0 Å². The van der Waals surface area contributed by atoms with Gasteiger partial charge in [-0.3, -0.25) is 0 Å². The average Bonchev–Trinajstić information content (AvgIpc) is 2.14. The standard InChI is InChI=1S/C5H5NOS/c1-2-4-3-7-5(8)6-4/h2-3H,1H2,(H,6,8). The minimum atomic E-state index is 0.389. The summed E-state index contributed by atoms with van der Waals surface area (Å²) >= 11 is 4.63. The van der Waals surface area contributed by atoms with Gasteiger partial charge in [-0.25, -0.2) is 0 Å². The Morgan fingerprint density at radius 2 is 2.62 bits per heavy atom. The lowest BCUT2D eigenvalue weighted by molar-refractivity contribution is 0.540. The molecule has 0 saturated heterocycles. The van der Waals surface area contributed by atoms with Crippen molar-refractivity contribution < 1.29 is 4.42 Å². The van der Waals surface area contributed by atoms with Crippen LogP contribution in [0.15, 0.2) is 17.3 Å². The summed E-state index contributed by atoms with van der Waals surface area (Å²) in [6, 6.07) is 0. The highest BCUT2D eigenvalue weighted by Gasteiger charge is 1.84. The fourth-order valence-electron chi connectivity index (χ4n) is 0.393. The normalized spacial score (nSPS) is 9.00. The topological polar surface area (TPSA) is 28.9 Å². The number of oxazole rings is 1. The third kappa shape index (κ3) is 0.869. The van der Waals surface area contributed by atoms with E-state index in [1.165, 1.54) is 6.26 Å². The van der Waals surface area contributed by atoms with Gasteiger partial charge in [-0.15, -0.1) is 0 Å². The van der Waals surface area contributed by atoms with E-state index in [1.54, 1.807) is 6.08 Å². The molecule has 0 aliphatic rings. The summed E-state index contributed by atoms with van der Waals surface area (Å²) in [5.41, 5.74) is 0.815. The Morgan fingerprint density at radius 3 is 2.88 bits per heavy atom. The maximum atomic E-state index is 4.74. The minimum absolute atomic E-state index is 0.389. The van der Waals surface area contributed by atoms with Crippen molar-refractivity contribution in [1.82, 2.24) is 4.98 Å². The van der Waals surface area contributed by atoms with Gasteiger partial charge in [-0.2, -0.15) is 0 Å². The molecular weight excluding hydrogens is 122 g/mol. The Bertz CT molecular complexity index is 235. The molecular formula is C5H5NOS. The summed E-state index contributed by atoms with van der Waals surface area (Å²) in [5.74, 6) is 0. The number of rotatable bonds is 1. The average molecular weight is 127 g/mol.